The first-order valence-corrected chi connectivity index (χ1v) is 7.28. The van der Waals surface area contributed by atoms with Gasteiger partial charge in [0.1, 0.15) is 9.71 Å². The van der Waals surface area contributed by atoms with Crippen molar-refractivity contribution in [2.75, 3.05) is 5.32 Å². The number of pyridine rings is 1. The van der Waals surface area contributed by atoms with Gasteiger partial charge in [0.2, 0.25) is 5.91 Å². The summed E-state index contributed by atoms with van der Waals surface area (Å²) in [6.07, 6.45) is 3.01. The van der Waals surface area contributed by atoms with Crippen LogP contribution in [0.15, 0.2) is 12.1 Å². The van der Waals surface area contributed by atoms with Crippen LogP contribution in [0.1, 0.15) is 42.1 Å². The van der Waals surface area contributed by atoms with E-state index >= 15 is 0 Å². The van der Waals surface area contributed by atoms with Crippen LogP contribution < -0.4 is 5.32 Å². The van der Waals surface area contributed by atoms with Gasteiger partial charge in [-0.25, -0.2) is 9.78 Å². The number of carbonyl (C=O) groups excluding carboxylic acids is 1. The molecule has 20 heavy (non-hydrogen) atoms. The summed E-state index contributed by atoms with van der Waals surface area (Å²) < 4.78 is 0. The fourth-order valence-corrected chi connectivity index (χ4v) is 2.95. The summed E-state index contributed by atoms with van der Waals surface area (Å²) in [6, 6.07) is 3.73. The molecule has 2 heterocycles. The number of carboxylic acid groups (broad SMARTS) is 1. The number of hydrogen-bond acceptors (Lipinski definition) is 4. The number of nitrogens with one attached hydrogen (secondary N) is 1. The minimum absolute atomic E-state index is 0.121. The Labute approximate surface area is 120 Å². The van der Waals surface area contributed by atoms with Gasteiger partial charge in [-0.2, -0.15) is 0 Å². The largest absolute Gasteiger partial charge is 0.477 e. The molecule has 0 aliphatic heterocycles. The molecule has 5 nitrogen and oxygen atoms in total. The lowest BCUT2D eigenvalue weighted by Crippen LogP contribution is -2.08. The van der Waals surface area contributed by atoms with Crippen molar-refractivity contribution in [2.24, 2.45) is 0 Å². The number of rotatable bonds is 5. The quantitative estimate of drug-likeness (QED) is 0.886. The Hall–Kier alpha value is -1.95. The molecule has 0 saturated carbocycles. The maximum atomic E-state index is 11.3. The predicted molar refractivity (Wildman–Crippen MR) is 79.5 cm³/mol. The van der Waals surface area contributed by atoms with E-state index in [-0.39, 0.29) is 10.8 Å². The molecule has 106 valence electrons. The van der Waals surface area contributed by atoms with Crippen LogP contribution in [-0.4, -0.2) is 22.0 Å². The van der Waals surface area contributed by atoms with Gasteiger partial charge in [0.15, 0.2) is 0 Å². The van der Waals surface area contributed by atoms with Crippen molar-refractivity contribution in [1.29, 1.82) is 0 Å². The molecular weight excluding hydrogens is 276 g/mol. The summed E-state index contributed by atoms with van der Waals surface area (Å²) in [7, 11) is 0. The third-order valence-electron chi connectivity index (χ3n) is 2.89. The van der Waals surface area contributed by atoms with Gasteiger partial charge in [0.25, 0.3) is 0 Å². The zero-order valence-corrected chi connectivity index (χ0v) is 12.2. The van der Waals surface area contributed by atoms with Crippen LogP contribution in [-0.2, 0) is 11.2 Å². The molecule has 0 aromatic carbocycles. The minimum atomic E-state index is -1.05. The molecule has 1 amide bonds. The number of hydrogen-bond donors (Lipinski definition) is 2. The van der Waals surface area contributed by atoms with Crippen LogP contribution in [0.5, 0.6) is 0 Å². The Bertz CT molecular complexity index is 664. The van der Waals surface area contributed by atoms with Crippen LogP contribution in [0.2, 0.25) is 0 Å². The monoisotopic (exact) mass is 292 g/mol. The molecule has 0 aliphatic carbocycles. The molecule has 0 atom stereocenters. The zero-order chi connectivity index (χ0) is 14.7. The average Bonchev–Trinajstić information content (AvgIpc) is 2.74. The topological polar surface area (TPSA) is 79.3 Å². The van der Waals surface area contributed by atoms with E-state index in [0.29, 0.717) is 15.9 Å². The number of anilines is 1. The molecule has 2 aromatic rings. The van der Waals surface area contributed by atoms with E-state index < -0.39 is 5.97 Å². The van der Waals surface area contributed by atoms with E-state index in [1.54, 1.807) is 0 Å². The SMILES string of the molecule is CCCCc1ccc2c(NC(C)=O)c(C(=O)O)sc2n1. The molecule has 0 radical (unpaired) electrons. The summed E-state index contributed by atoms with van der Waals surface area (Å²) in [5.41, 5.74) is 1.30. The fourth-order valence-electron chi connectivity index (χ4n) is 1.96. The van der Waals surface area contributed by atoms with Crippen LogP contribution in [0.25, 0.3) is 10.2 Å². The number of carboxylic acids is 1. The van der Waals surface area contributed by atoms with Gasteiger partial charge < -0.3 is 10.4 Å². The highest BCUT2D eigenvalue weighted by Gasteiger charge is 2.19. The number of aromatic nitrogens is 1. The van der Waals surface area contributed by atoms with Crippen molar-refractivity contribution < 1.29 is 14.7 Å². The standard InChI is InChI=1S/C14H16N2O3S/c1-3-4-5-9-6-7-10-11(15-8(2)17)12(14(18)19)20-13(10)16-9/h6-7H,3-5H2,1-2H3,(H,15,17)(H,18,19). The van der Waals surface area contributed by atoms with Crippen LogP contribution in [0.4, 0.5) is 5.69 Å². The lowest BCUT2D eigenvalue weighted by Gasteiger charge is -2.02. The molecule has 0 fully saturated rings. The van der Waals surface area contributed by atoms with Crippen LogP contribution in [0.3, 0.4) is 0 Å². The molecule has 2 N–H and O–H groups in total. The lowest BCUT2D eigenvalue weighted by atomic mass is 10.1. The normalized spacial score (nSPS) is 10.7. The molecular formula is C14H16N2O3S. The first kappa shape index (κ1) is 14.5. The highest BCUT2D eigenvalue weighted by Crippen LogP contribution is 2.35. The summed E-state index contributed by atoms with van der Waals surface area (Å²) in [4.78, 5) is 27.7. The van der Waals surface area contributed by atoms with Crippen molar-refractivity contribution in [3.05, 3.63) is 22.7 Å². The Morgan fingerprint density at radius 3 is 2.75 bits per heavy atom. The highest BCUT2D eigenvalue weighted by atomic mass is 32.1. The summed E-state index contributed by atoms with van der Waals surface area (Å²) in [5.74, 6) is -1.34. The Morgan fingerprint density at radius 1 is 1.40 bits per heavy atom. The van der Waals surface area contributed by atoms with Gasteiger partial charge in [0.05, 0.1) is 5.69 Å². The maximum Gasteiger partial charge on any atom is 0.348 e. The second-order valence-corrected chi connectivity index (χ2v) is 5.55. The second-order valence-electron chi connectivity index (χ2n) is 4.55. The number of fused-ring (bicyclic) bond motifs is 1. The maximum absolute atomic E-state index is 11.3. The van der Waals surface area contributed by atoms with Crippen molar-refractivity contribution in [3.8, 4) is 0 Å². The Morgan fingerprint density at radius 2 is 2.15 bits per heavy atom. The van der Waals surface area contributed by atoms with Gasteiger partial charge >= 0.3 is 5.97 Å². The molecule has 0 spiro atoms. The van der Waals surface area contributed by atoms with Gasteiger partial charge in [-0.3, -0.25) is 4.79 Å². The lowest BCUT2D eigenvalue weighted by molar-refractivity contribution is -0.114. The molecule has 2 aromatic heterocycles. The number of nitrogens with zero attached hydrogens (tertiary/aromatic N) is 1. The number of amides is 1. The molecule has 0 aliphatic rings. The van der Waals surface area contributed by atoms with E-state index in [4.69, 9.17) is 0 Å². The smallest absolute Gasteiger partial charge is 0.348 e. The summed E-state index contributed by atoms with van der Waals surface area (Å²) >= 11 is 1.10. The molecule has 0 saturated heterocycles. The van der Waals surface area contributed by atoms with E-state index in [2.05, 4.69) is 17.2 Å². The first-order valence-electron chi connectivity index (χ1n) is 6.46. The van der Waals surface area contributed by atoms with E-state index in [9.17, 15) is 14.7 Å². The number of aryl methyl sites for hydroxylation is 1. The van der Waals surface area contributed by atoms with Crippen molar-refractivity contribution >= 4 is 39.1 Å². The van der Waals surface area contributed by atoms with Gasteiger partial charge in [-0.15, -0.1) is 11.3 Å². The van der Waals surface area contributed by atoms with E-state index in [1.165, 1.54) is 6.92 Å². The Balaban J connectivity index is 2.49. The molecule has 2 rings (SSSR count). The second kappa shape index (κ2) is 6.00. The molecule has 0 unspecified atom stereocenters. The van der Waals surface area contributed by atoms with Gasteiger partial charge in [-0.05, 0) is 25.0 Å². The number of carbonyl (C=O) groups is 2. The van der Waals surface area contributed by atoms with Gasteiger partial charge in [0, 0.05) is 18.0 Å². The third-order valence-corrected chi connectivity index (χ3v) is 3.98. The van der Waals surface area contributed by atoms with E-state index in [1.807, 2.05) is 12.1 Å². The number of unbranched alkanes of at least 4 members (excludes halogenated alkanes) is 1. The van der Waals surface area contributed by atoms with Crippen LogP contribution in [0, 0.1) is 0 Å². The number of thiophene rings is 1. The Kier molecular flexibility index (Phi) is 4.34. The van der Waals surface area contributed by atoms with Crippen molar-refractivity contribution in [2.45, 2.75) is 33.1 Å². The third kappa shape index (κ3) is 2.96. The fraction of sp³-hybridized carbons (Fsp3) is 0.357. The molecule has 0 bridgehead atoms. The summed E-state index contributed by atoms with van der Waals surface area (Å²) in [6.45, 7) is 3.47. The summed E-state index contributed by atoms with van der Waals surface area (Å²) in [5, 5.41) is 12.5. The number of aromatic carboxylic acids is 1. The first-order chi connectivity index (χ1) is 9.52. The minimum Gasteiger partial charge on any atom is -0.477 e. The average molecular weight is 292 g/mol. The van der Waals surface area contributed by atoms with Gasteiger partial charge in [-0.1, -0.05) is 13.3 Å². The van der Waals surface area contributed by atoms with E-state index in [0.717, 1.165) is 36.3 Å². The molecule has 6 heteroatoms. The van der Waals surface area contributed by atoms with Crippen LogP contribution >= 0.6 is 11.3 Å². The highest BCUT2D eigenvalue weighted by molar-refractivity contribution is 7.21. The predicted octanol–water partition coefficient (Wildman–Crippen LogP) is 3.30. The zero-order valence-electron chi connectivity index (χ0n) is 11.4. The van der Waals surface area contributed by atoms with Crippen molar-refractivity contribution in [1.82, 2.24) is 4.98 Å². The van der Waals surface area contributed by atoms with Crippen molar-refractivity contribution in [3.63, 3.8) is 0 Å².